The second-order valence-corrected chi connectivity index (χ2v) is 4.88. The fourth-order valence-corrected chi connectivity index (χ4v) is 1.81. The van der Waals surface area contributed by atoms with E-state index in [1.807, 2.05) is 43.3 Å². The summed E-state index contributed by atoms with van der Waals surface area (Å²) in [4.78, 5) is 19.1. The van der Waals surface area contributed by atoms with Crippen molar-refractivity contribution >= 4 is 24.2 Å². The Balaban J connectivity index is 2.60. The molecule has 6 heteroatoms. The number of nitrogens with zero attached hydrogens (tertiary/aromatic N) is 2. The van der Waals surface area contributed by atoms with Crippen molar-refractivity contribution in [1.82, 2.24) is 0 Å². The van der Waals surface area contributed by atoms with Gasteiger partial charge in [0.2, 0.25) is 0 Å². The molecule has 5 N–H and O–H groups in total. The van der Waals surface area contributed by atoms with Crippen molar-refractivity contribution in [2.75, 3.05) is 6.54 Å². The van der Waals surface area contributed by atoms with Gasteiger partial charge in [0, 0.05) is 12.8 Å². The van der Waals surface area contributed by atoms with Gasteiger partial charge in [-0.25, -0.2) is 4.79 Å². The molecule has 6 nitrogen and oxygen atoms in total. The lowest BCUT2D eigenvalue weighted by Gasteiger charge is -2.06. The Morgan fingerprint density at radius 1 is 1.32 bits per heavy atom. The summed E-state index contributed by atoms with van der Waals surface area (Å²) in [6.07, 6.45) is 4.49. The van der Waals surface area contributed by atoms with Gasteiger partial charge in [0.1, 0.15) is 6.04 Å². The number of carboxylic acids is 1. The molecular formula is C16H22N4O2. The fourth-order valence-electron chi connectivity index (χ4n) is 1.81. The van der Waals surface area contributed by atoms with E-state index >= 15 is 0 Å². The van der Waals surface area contributed by atoms with Gasteiger partial charge in [-0.05, 0) is 30.9 Å². The fraction of sp³-hybridized carbons (Fsp3) is 0.312. The average molecular weight is 302 g/mol. The van der Waals surface area contributed by atoms with Gasteiger partial charge in [0.05, 0.1) is 0 Å². The van der Waals surface area contributed by atoms with Crippen LogP contribution in [0.1, 0.15) is 25.3 Å². The molecule has 0 bridgehead atoms. The number of hydrogen-bond acceptors (Lipinski definition) is 3. The van der Waals surface area contributed by atoms with Crippen LogP contribution in [-0.2, 0) is 4.79 Å². The second kappa shape index (κ2) is 9.33. The van der Waals surface area contributed by atoms with Gasteiger partial charge in [0.15, 0.2) is 5.96 Å². The molecule has 0 radical (unpaired) electrons. The highest BCUT2D eigenvalue weighted by atomic mass is 16.4. The second-order valence-electron chi connectivity index (χ2n) is 4.88. The van der Waals surface area contributed by atoms with Crippen molar-refractivity contribution in [2.45, 2.75) is 25.8 Å². The van der Waals surface area contributed by atoms with E-state index in [1.54, 1.807) is 6.21 Å². The topological polar surface area (TPSA) is 114 Å². The van der Waals surface area contributed by atoms with Crippen LogP contribution in [-0.4, -0.2) is 35.8 Å². The first-order valence-corrected chi connectivity index (χ1v) is 7.03. The number of rotatable bonds is 8. The van der Waals surface area contributed by atoms with E-state index < -0.39 is 12.0 Å². The lowest BCUT2D eigenvalue weighted by Crippen LogP contribution is -2.23. The summed E-state index contributed by atoms with van der Waals surface area (Å²) in [5.74, 6) is -0.939. The molecule has 0 aliphatic heterocycles. The van der Waals surface area contributed by atoms with Crippen molar-refractivity contribution in [2.24, 2.45) is 21.5 Å². The third kappa shape index (κ3) is 7.23. The highest BCUT2D eigenvalue weighted by Gasteiger charge is 2.14. The van der Waals surface area contributed by atoms with Gasteiger partial charge in [-0.1, -0.05) is 36.4 Å². The minimum Gasteiger partial charge on any atom is -0.480 e. The van der Waals surface area contributed by atoms with Crippen LogP contribution in [0.4, 0.5) is 0 Å². The molecule has 0 amide bonds. The molecule has 0 aromatic heterocycles. The molecule has 1 aromatic carbocycles. The molecular weight excluding hydrogens is 280 g/mol. The standard InChI is InChI=1S/C16H22N4O2/c1-12(10-13-6-3-2-4-7-13)11-20-14(15(21)22)8-5-9-19-16(17)18/h2-4,6-7,10-11,14H,5,8-9H2,1H3,(H,21,22)(H4,17,18,19)/b12-10+,20-11?. The van der Waals surface area contributed by atoms with Crippen LogP contribution in [0, 0.1) is 0 Å². The van der Waals surface area contributed by atoms with Crippen molar-refractivity contribution in [3.8, 4) is 0 Å². The van der Waals surface area contributed by atoms with E-state index in [1.165, 1.54) is 0 Å². The number of hydrogen-bond donors (Lipinski definition) is 3. The van der Waals surface area contributed by atoms with E-state index in [4.69, 9.17) is 16.6 Å². The minimum atomic E-state index is -0.950. The van der Waals surface area contributed by atoms with E-state index in [-0.39, 0.29) is 5.96 Å². The first kappa shape index (κ1) is 17.4. The molecule has 0 spiro atoms. The van der Waals surface area contributed by atoms with E-state index in [9.17, 15) is 4.79 Å². The number of allylic oxidation sites excluding steroid dienone is 1. The Labute approximate surface area is 130 Å². The number of guanidine groups is 1. The van der Waals surface area contributed by atoms with Crippen molar-refractivity contribution in [3.63, 3.8) is 0 Å². The van der Waals surface area contributed by atoms with Crippen LogP contribution in [0.5, 0.6) is 0 Å². The first-order chi connectivity index (χ1) is 10.5. The molecule has 0 heterocycles. The van der Waals surface area contributed by atoms with Crippen LogP contribution < -0.4 is 11.5 Å². The van der Waals surface area contributed by atoms with Crippen LogP contribution in [0.25, 0.3) is 6.08 Å². The third-order valence-corrected chi connectivity index (χ3v) is 2.87. The number of aliphatic carboxylic acids is 1. The summed E-state index contributed by atoms with van der Waals surface area (Å²) in [6, 6.07) is 8.99. The van der Waals surface area contributed by atoms with Crippen molar-refractivity contribution in [3.05, 3.63) is 41.5 Å². The molecule has 0 aliphatic rings. The average Bonchev–Trinajstić information content (AvgIpc) is 2.46. The smallest absolute Gasteiger partial charge is 0.328 e. The largest absolute Gasteiger partial charge is 0.480 e. The summed E-state index contributed by atoms with van der Waals surface area (Å²) in [5, 5.41) is 9.17. The summed E-state index contributed by atoms with van der Waals surface area (Å²) in [7, 11) is 0. The summed E-state index contributed by atoms with van der Waals surface area (Å²) in [6.45, 7) is 2.29. The molecule has 1 rings (SSSR count). The lowest BCUT2D eigenvalue weighted by atomic mass is 10.1. The van der Waals surface area contributed by atoms with Crippen LogP contribution in [0.15, 0.2) is 45.9 Å². The lowest BCUT2D eigenvalue weighted by molar-refractivity contribution is -0.138. The molecule has 1 atom stereocenters. The number of benzene rings is 1. The van der Waals surface area contributed by atoms with Gasteiger partial charge >= 0.3 is 5.97 Å². The Kier molecular flexibility index (Phi) is 7.39. The molecule has 118 valence electrons. The van der Waals surface area contributed by atoms with E-state index in [0.29, 0.717) is 19.4 Å². The zero-order chi connectivity index (χ0) is 16.4. The number of carboxylic acid groups (broad SMARTS) is 1. The van der Waals surface area contributed by atoms with Gasteiger partial charge < -0.3 is 16.6 Å². The molecule has 0 saturated heterocycles. The maximum absolute atomic E-state index is 11.2. The Morgan fingerprint density at radius 2 is 2.00 bits per heavy atom. The normalized spacial score (nSPS) is 13.0. The zero-order valence-electron chi connectivity index (χ0n) is 12.6. The van der Waals surface area contributed by atoms with Gasteiger partial charge in [-0.3, -0.25) is 9.98 Å². The van der Waals surface area contributed by atoms with E-state index in [0.717, 1.165) is 11.1 Å². The first-order valence-electron chi connectivity index (χ1n) is 7.03. The van der Waals surface area contributed by atoms with Crippen LogP contribution in [0.3, 0.4) is 0 Å². The Morgan fingerprint density at radius 3 is 2.59 bits per heavy atom. The maximum atomic E-state index is 11.2. The van der Waals surface area contributed by atoms with Gasteiger partial charge in [-0.15, -0.1) is 0 Å². The highest BCUT2D eigenvalue weighted by Crippen LogP contribution is 2.07. The molecule has 22 heavy (non-hydrogen) atoms. The van der Waals surface area contributed by atoms with E-state index in [2.05, 4.69) is 9.98 Å². The minimum absolute atomic E-state index is 0.0111. The van der Waals surface area contributed by atoms with Crippen molar-refractivity contribution in [1.29, 1.82) is 0 Å². The van der Waals surface area contributed by atoms with Crippen LogP contribution >= 0.6 is 0 Å². The SMILES string of the molecule is C/C(C=NC(CCCN=C(N)N)C(=O)O)=C\c1ccccc1. The zero-order valence-corrected chi connectivity index (χ0v) is 12.6. The summed E-state index contributed by atoms with van der Waals surface area (Å²) < 4.78 is 0. The molecule has 1 unspecified atom stereocenters. The molecule has 1 aromatic rings. The van der Waals surface area contributed by atoms with Crippen LogP contribution in [0.2, 0.25) is 0 Å². The summed E-state index contributed by atoms with van der Waals surface area (Å²) >= 11 is 0. The van der Waals surface area contributed by atoms with Gasteiger partial charge in [-0.2, -0.15) is 0 Å². The predicted molar refractivity (Wildman–Crippen MR) is 89.9 cm³/mol. The molecule has 0 aliphatic carbocycles. The third-order valence-electron chi connectivity index (χ3n) is 2.87. The van der Waals surface area contributed by atoms with Gasteiger partial charge in [0.25, 0.3) is 0 Å². The van der Waals surface area contributed by atoms with Crippen molar-refractivity contribution < 1.29 is 9.90 Å². The number of carbonyl (C=O) groups is 1. The quantitative estimate of drug-likeness (QED) is 0.385. The highest BCUT2D eigenvalue weighted by molar-refractivity contribution is 5.87. The monoisotopic (exact) mass is 302 g/mol. The maximum Gasteiger partial charge on any atom is 0.328 e. The summed E-state index contributed by atoms with van der Waals surface area (Å²) in [5.41, 5.74) is 12.4. The number of nitrogens with two attached hydrogens (primary N) is 2. The Bertz CT molecular complexity index is 561. The molecule has 0 fully saturated rings. The Hall–Kier alpha value is -2.63. The molecule has 0 saturated carbocycles. The number of aliphatic imine (C=N–C) groups is 2. The predicted octanol–water partition coefficient (Wildman–Crippen LogP) is 1.67.